The van der Waals surface area contributed by atoms with E-state index >= 15 is 0 Å². The molecule has 0 heterocycles. The van der Waals surface area contributed by atoms with Gasteiger partial charge in [-0.1, -0.05) is 6.08 Å². The van der Waals surface area contributed by atoms with Gasteiger partial charge in [-0.2, -0.15) is 0 Å². The van der Waals surface area contributed by atoms with E-state index in [4.69, 9.17) is 12.2 Å². The van der Waals surface area contributed by atoms with Gasteiger partial charge in [0.15, 0.2) is 22.6 Å². The van der Waals surface area contributed by atoms with Crippen LogP contribution in [0.5, 0.6) is 0 Å². The van der Waals surface area contributed by atoms with E-state index in [1.54, 1.807) is 6.08 Å². The normalized spacial score (nSPS) is 9.69. The largest absolute Gasteiger partial charge is 0.359 e. The van der Waals surface area contributed by atoms with Gasteiger partial charge in [-0.3, -0.25) is 0 Å². The molecule has 0 aliphatic rings. The Morgan fingerprint density at radius 3 is 2.62 bits per heavy atom. The standard InChI is InChI=1S/C10H9F3N2S/c1-2-5-14-10(16)15-7-4-3-6(11)8(12)9(7)13/h2-4H,1,5H2,(H2,14,15,16). The van der Waals surface area contributed by atoms with Gasteiger partial charge in [0.25, 0.3) is 0 Å². The summed E-state index contributed by atoms with van der Waals surface area (Å²) in [7, 11) is 0. The molecule has 0 atom stereocenters. The quantitative estimate of drug-likeness (QED) is 0.487. The number of hydrogen-bond acceptors (Lipinski definition) is 1. The van der Waals surface area contributed by atoms with Gasteiger partial charge >= 0.3 is 0 Å². The highest BCUT2D eigenvalue weighted by molar-refractivity contribution is 7.80. The molecular formula is C10H9F3N2S. The molecular weight excluding hydrogens is 237 g/mol. The van der Waals surface area contributed by atoms with Crippen LogP contribution in [0.3, 0.4) is 0 Å². The van der Waals surface area contributed by atoms with Gasteiger partial charge in [0.05, 0.1) is 5.69 Å². The molecule has 0 radical (unpaired) electrons. The van der Waals surface area contributed by atoms with Crippen LogP contribution in [0.1, 0.15) is 0 Å². The third kappa shape index (κ3) is 2.96. The van der Waals surface area contributed by atoms with Crippen molar-refractivity contribution in [3.63, 3.8) is 0 Å². The Labute approximate surface area is 96.2 Å². The van der Waals surface area contributed by atoms with E-state index in [9.17, 15) is 13.2 Å². The number of benzene rings is 1. The van der Waals surface area contributed by atoms with E-state index in [0.29, 0.717) is 6.54 Å². The van der Waals surface area contributed by atoms with Crippen LogP contribution in [0.25, 0.3) is 0 Å². The number of thiocarbonyl (C=S) groups is 1. The third-order valence-electron chi connectivity index (χ3n) is 1.69. The summed E-state index contributed by atoms with van der Waals surface area (Å²) in [6, 6.07) is 1.88. The molecule has 1 aromatic rings. The van der Waals surface area contributed by atoms with Crippen molar-refractivity contribution in [2.45, 2.75) is 0 Å². The minimum absolute atomic E-state index is 0.102. The first-order valence-electron chi connectivity index (χ1n) is 4.35. The zero-order chi connectivity index (χ0) is 12.1. The van der Waals surface area contributed by atoms with Crippen molar-refractivity contribution < 1.29 is 13.2 Å². The summed E-state index contributed by atoms with van der Waals surface area (Å²) in [5.74, 6) is -4.08. The topological polar surface area (TPSA) is 24.1 Å². The molecule has 0 aromatic heterocycles. The third-order valence-corrected chi connectivity index (χ3v) is 1.94. The maximum atomic E-state index is 13.2. The first-order chi connectivity index (χ1) is 7.56. The Kier molecular flexibility index (Phi) is 4.30. The number of halogens is 3. The second-order valence-corrected chi connectivity index (χ2v) is 3.25. The molecule has 0 fully saturated rings. The predicted molar refractivity (Wildman–Crippen MR) is 60.7 cm³/mol. The van der Waals surface area contributed by atoms with Gasteiger partial charge < -0.3 is 10.6 Å². The van der Waals surface area contributed by atoms with Crippen LogP contribution in [0.4, 0.5) is 18.9 Å². The Hall–Kier alpha value is -1.56. The van der Waals surface area contributed by atoms with Crippen molar-refractivity contribution >= 4 is 23.0 Å². The summed E-state index contributed by atoms with van der Waals surface area (Å²) < 4.78 is 38.6. The number of rotatable bonds is 3. The molecule has 2 nitrogen and oxygen atoms in total. The highest BCUT2D eigenvalue weighted by Crippen LogP contribution is 2.19. The van der Waals surface area contributed by atoms with Gasteiger partial charge in [0.2, 0.25) is 0 Å². The Bertz CT molecular complexity index is 421. The first kappa shape index (κ1) is 12.5. The van der Waals surface area contributed by atoms with E-state index in [2.05, 4.69) is 17.2 Å². The molecule has 1 rings (SSSR count). The van der Waals surface area contributed by atoms with Crippen LogP contribution in [-0.2, 0) is 0 Å². The van der Waals surface area contributed by atoms with E-state index in [1.807, 2.05) is 0 Å². The maximum absolute atomic E-state index is 13.2. The van der Waals surface area contributed by atoms with Gasteiger partial charge in [0.1, 0.15) is 0 Å². The molecule has 0 aliphatic carbocycles. The van der Waals surface area contributed by atoms with Crippen LogP contribution >= 0.6 is 12.2 Å². The van der Waals surface area contributed by atoms with Crippen LogP contribution in [0, 0.1) is 17.5 Å². The van der Waals surface area contributed by atoms with Crippen molar-refractivity contribution in [3.8, 4) is 0 Å². The lowest BCUT2D eigenvalue weighted by Crippen LogP contribution is -2.28. The van der Waals surface area contributed by atoms with Crippen molar-refractivity contribution in [2.75, 3.05) is 11.9 Å². The second kappa shape index (κ2) is 5.50. The lowest BCUT2D eigenvalue weighted by atomic mass is 10.3. The SMILES string of the molecule is C=CCNC(=S)Nc1ccc(F)c(F)c1F. The molecule has 0 saturated heterocycles. The molecule has 6 heteroatoms. The average Bonchev–Trinajstić information content (AvgIpc) is 2.27. The Balaban J connectivity index is 2.78. The minimum atomic E-state index is -1.53. The predicted octanol–water partition coefficient (Wildman–Crippen LogP) is 2.58. The smallest absolute Gasteiger partial charge is 0.196 e. The number of anilines is 1. The van der Waals surface area contributed by atoms with Crippen molar-refractivity contribution in [1.82, 2.24) is 5.32 Å². The Morgan fingerprint density at radius 2 is 2.00 bits per heavy atom. The average molecular weight is 246 g/mol. The van der Waals surface area contributed by atoms with Crippen LogP contribution in [0.2, 0.25) is 0 Å². The van der Waals surface area contributed by atoms with Crippen LogP contribution in [-0.4, -0.2) is 11.7 Å². The van der Waals surface area contributed by atoms with Gasteiger partial charge in [-0.25, -0.2) is 13.2 Å². The van der Waals surface area contributed by atoms with E-state index in [-0.39, 0.29) is 10.8 Å². The maximum Gasteiger partial charge on any atom is 0.196 e. The summed E-state index contributed by atoms with van der Waals surface area (Å²) in [6.45, 7) is 3.84. The molecule has 0 saturated carbocycles. The highest BCUT2D eigenvalue weighted by atomic mass is 32.1. The summed E-state index contributed by atoms with van der Waals surface area (Å²) in [5.41, 5.74) is -0.222. The van der Waals surface area contributed by atoms with Gasteiger partial charge in [-0.15, -0.1) is 6.58 Å². The summed E-state index contributed by atoms with van der Waals surface area (Å²) in [4.78, 5) is 0. The van der Waals surface area contributed by atoms with Crippen molar-refractivity contribution in [2.24, 2.45) is 0 Å². The molecule has 0 bridgehead atoms. The lowest BCUT2D eigenvalue weighted by Gasteiger charge is -2.10. The summed E-state index contributed by atoms with van der Waals surface area (Å²) >= 11 is 4.78. The molecule has 0 spiro atoms. The molecule has 86 valence electrons. The molecule has 0 amide bonds. The summed E-state index contributed by atoms with van der Waals surface area (Å²) in [5, 5.41) is 5.17. The van der Waals surface area contributed by atoms with Crippen LogP contribution < -0.4 is 10.6 Å². The fourth-order valence-electron chi connectivity index (χ4n) is 0.954. The van der Waals surface area contributed by atoms with Gasteiger partial charge in [-0.05, 0) is 24.4 Å². The zero-order valence-corrected chi connectivity index (χ0v) is 9.00. The molecule has 1 aromatic carbocycles. The molecule has 0 aliphatic heterocycles. The number of hydrogen-bond donors (Lipinski definition) is 2. The lowest BCUT2D eigenvalue weighted by molar-refractivity contribution is 0.449. The second-order valence-electron chi connectivity index (χ2n) is 2.85. The molecule has 0 unspecified atom stereocenters. The fourth-order valence-corrected chi connectivity index (χ4v) is 1.15. The van der Waals surface area contributed by atoms with Crippen molar-refractivity contribution in [1.29, 1.82) is 0 Å². The Morgan fingerprint density at radius 1 is 1.31 bits per heavy atom. The minimum Gasteiger partial charge on any atom is -0.359 e. The van der Waals surface area contributed by atoms with Crippen molar-refractivity contribution in [3.05, 3.63) is 42.2 Å². The highest BCUT2D eigenvalue weighted by Gasteiger charge is 2.13. The first-order valence-corrected chi connectivity index (χ1v) is 4.76. The van der Waals surface area contributed by atoms with Crippen LogP contribution in [0.15, 0.2) is 24.8 Å². The zero-order valence-electron chi connectivity index (χ0n) is 8.19. The molecule has 16 heavy (non-hydrogen) atoms. The summed E-state index contributed by atoms with van der Waals surface area (Å²) in [6.07, 6.45) is 1.55. The van der Waals surface area contributed by atoms with Gasteiger partial charge in [0, 0.05) is 6.54 Å². The van der Waals surface area contributed by atoms with E-state index in [0.717, 1.165) is 12.1 Å². The van der Waals surface area contributed by atoms with E-state index in [1.165, 1.54) is 0 Å². The molecule has 2 N–H and O–H groups in total. The van der Waals surface area contributed by atoms with E-state index < -0.39 is 17.5 Å². The fraction of sp³-hybridized carbons (Fsp3) is 0.100. The number of nitrogens with one attached hydrogen (secondary N) is 2. The monoisotopic (exact) mass is 246 g/mol.